The van der Waals surface area contributed by atoms with E-state index in [1.165, 1.54) is 180 Å². The number of hydrogen-bond donors (Lipinski definition) is 0. The SMILES string of the molecule is CC/C=C\C/C=C\C/C=C\CCCCCCCC(=O)OC(COC(=O)CCCCCCC/C=C\C/C=C\CCCCC)COC(=O)CCCCCCCCCCCCCCCCCCCCC/C=C\C/C=C\CCCCCCC. The van der Waals surface area contributed by atoms with Crippen molar-refractivity contribution in [2.75, 3.05) is 13.2 Å². The standard InChI is InChI=1S/C73H128O6/c1-4-7-10-13-16-19-22-25-28-29-30-31-32-33-34-35-36-37-38-39-40-41-42-43-46-48-51-54-57-60-63-66-72(75)78-69-70(79-73(76)67-64-61-58-55-52-49-45-27-24-21-18-15-12-9-6-3)68-77-71(74)65-62-59-56-53-50-47-44-26-23-20-17-14-11-8-5-2/h9,12,17-18,20-22,25-27,29-30,44-45,70H,4-8,10-11,13-16,19,23-24,28,31-43,46-69H2,1-3H3/b12-9-,20-17-,21-18-,25-22-,30-29-,44-26-,45-27-. The van der Waals surface area contributed by atoms with Crippen LogP contribution in [0.1, 0.15) is 342 Å². The van der Waals surface area contributed by atoms with Crippen molar-refractivity contribution in [3.63, 3.8) is 0 Å². The summed E-state index contributed by atoms with van der Waals surface area (Å²) in [5, 5.41) is 0. The Balaban J connectivity index is 4.20. The van der Waals surface area contributed by atoms with Crippen LogP contribution in [-0.2, 0) is 28.6 Å². The molecule has 0 bridgehead atoms. The number of esters is 3. The second-order valence-electron chi connectivity index (χ2n) is 22.7. The molecule has 0 amide bonds. The molecule has 0 aromatic carbocycles. The quantitative estimate of drug-likeness (QED) is 0.0261. The lowest BCUT2D eigenvalue weighted by molar-refractivity contribution is -0.167. The highest BCUT2D eigenvalue weighted by molar-refractivity contribution is 5.71. The molecule has 6 heteroatoms. The molecular weight excluding hydrogens is 973 g/mol. The molecule has 0 N–H and O–H groups in total. The fraction of sp³-hybridized carbons (Fsp3) is 0.767. The van der Waals surface area contributed by atoms with Gasteiger partial charge in [0.1, 0.15) is 13.2 Å². The molecule has 0 aromatic rings. The summed E-state index contributed by atoms with van der Waals surface area (Å²) in [6, 6.07) is 0. The summed E-state index contributed by atoms with van der Waals surface area (Å²) in [4.78, 5) is 38.3. The van der Waals surface area contributed by atoms with E-state index in [-0.39, 0.29) is 31.1 Å². The van der Waals surface area contributed by atoms with Gasteiger partial charge in [0, 0.05) is 19.3 Å². The minimum absolute atomic E-state index is 0.0857. The number of allylic oxidation sites excluding steroid dienone is 14. The van der Waals surface area contributed by atoms with Crippen molar-refractivity contribution in [3.8, 4) is 0 Å². The molecule has 0 heterocycles. The second kappa shape index (κ2) is 67.1. The molecule has 0 aliphatic carbocycles. The lowest BCUT2D eigenvalue weighted by atomic mass is 10.0. The Labute approximate surface area is 490 Å². The van der Waals surface area contributed by atoms with Gasteiger partial charge in [-0.25, -0.2) is 0 Å². The summed E-state index contributed by atoms with van der Waals surface area (Å²) in [7, 11) is 0. The van der Waals surface area contributed by atoms with E-state index < -0.39 is 6.10 Å². The van der Waals surface area contributed by atoms with Crippen LogP contribution < -0.4 is 0 Å². The average molecular weight is 1100 g/mol. The molecule has 0 aromatic heterocycles. The normalized spacial score (nSPS) is 12.6. The first-order valence-corrected chi connectivity index (χ1v) is 34.1. The summed E-state index contributed by atoms with van der Waals surface area (Å²) in [6.45, 7) is 6.50. The Kier molecular flexibility index (Phi) is 64.2. The monoisotopic (exact) mass is 1100 g/mol. The minimum Gasteiger partial charge on any atom is -0.462 e. The van der Waals surface area contributed by atoms with Crippen LogP contribution in [-0.4, -0.2) is 37.2 Å². The lowest BCUT2D eigenvalue weighted by Gasteiger charge is -2.18. The zero-order valence-corrected chi connectivity index (χ0v) is 52.4. The Morgan fingerprint density at radius 1 is 0.266 bits per heavy atom. The van der Waals surface area contributed by atoms with E-state index in [0.717, 1.165) is 122 Å². The van der Waals surface area contributed by atoms with Gasteiger partial charge in [-0.2, -0.15) is 0 Å². The summed E-state index contributed by atoms with van der Waals surface area (Å²) >= 11 is 0. The Morgan fingerprint density at radius 2 is 0.494 bits per heavy atom. The van der Waals surface area contributed by atoms with Gasteiger partial charge in [-0.3, -0.25) is 14.4 Å². The Bertz CT molecular complexity index is 1500. The van der Waals surface area contributed by atoms with Gasteiger partial charge in [0.15, 0.2) is 6.10 Å². The maximum absolute atomic E-state index is 12.9. The Hall–Kier alpha value is -3.41. The number of hydrogen-bond acceptors (Lipinski definition) is 6. The first kappa shape index (κ1) is 75.6. The molecule has 0 aliphatic heterocycles. The zero-order chi connectivity index (χ0) is 57.1. The largest absolute Gasteiger partial charge is 0.462 e. The Morgan fingerprint density at radius 3 is 0.797 bits per heavy atom. The van der Waals surface area contributed by atoms with Crippen molar-refractivity contribution < 1.29 is 28.6 Å². The van der Waals surface area contributed by atoms with Crippen LogP contribution in [0, 0.1) is 0 Å². The van der Waals surface area contributed by atoms with Gasteiger partial charge in [-0.1, -0.05) is 292 Å². The van der Waals surface area contributed by atoms with E-state index in [2.05, 4.69) is 106 Å². The molecule has 0 saturated heterocycles. The van der Waals surface area contributed by atoms with E-state index in [1.54, 1.807) is 0 Å². The van der Waals surface area contributed by atoms with E-state index in [4.69, 9.17) is 14.2 Å². The number of carbonyl (C=O) groups excluding carboxylic acids is 3. The fourth-order valence-electron chi connectivity index (χ4n) is 9.76. The summed E-state index contributed by atoms with van der Waals surface area (Å²) in [6.07, 6.45) is 89.0. The molecule has 1 atom stereocenters. The highest BCUT2D eigenvalue weighted by Crippen LogP contribution is 2.17. The first-order chi connectivity index (χ1) is 39.0. The van der Waals surface area contributed by atoms with E-state index in [9.17, 15) is 14.4 Å². The predicted octanol–water partition coefficient (Wildman–Crippen LogP) is 23.4. The fourth-order valence-corrected chi connectivity index (χ4v) is 9.76. The maximum atomic E-state index is 12.9. The van der Waals surface area contributed by atoms with Gasteiger partial charge in [0.2, 0.25) is 0 Å². The van der Waals surface area contributed by atoms with Gasteiger partial charge in [0.05, 0.1) is 0 Å². The average Bonchev–Trinajstić information content (AvgIpc) is 3.45. The molecule has 6 nitrogen and oxygen atoms in total. The third-order valence-corrected chi connectivity index (χ3v) is 14.9. The van der Waals surface area contributed by atoms with Gasteiger partial charge in [0.25, 0.3) is 0 Å². The molecule has 456 valence electrons. The van der Waals surface area contributed by atoms with E-state index in [0.29, 0.717) is 19.3 Å². The van der Waals surface area contributed by atoms with Crippen molar-refractivity contribution in [2.45, 2.75) is 348 Å². The van der Waals surface area contributed by atoms with Crippen LogP contribution in [0.4, 0.5) is 0 Å². The van der Waals surface area contributed by atoms with Gasteiger partial charge in [-0.15, -0.1) is 0 Å². The molecule has 1 unspecified atom stereocenters. The number of rotatable bonds is 62. The summed E-state index contributed by atoms with van der Waals surface area (Å²) in [5.41, 5.74) is 0. The van der Waals surface area contributed by atoms with Crippen molar-refractivity contribution in [1.29, 1.82) is 0 Å². The molecular formula is C73H128O6. The maximum Gasteiger partial charge on any atom is 0.306 e. The van der Waals surface area contributed by atoms with Crippen molar-refractivity contribution in [2.24, 2.45) is 0 Å². The highest BCUT2D eigenvalue weighted by Gasteiger charge is 2.19. The van der Waals surface area contributed by atoms with Gasteiger partial charge < -0.3 is 14.2 Å². The van der Waals surface area contributed by atoms with Crippen LogP contribution in [0.5, 0.6) is 0 Å². The molecule has 0 rings (SSSR count). The molecule has 79 heavy (non-hydrogen) atoms. The number of unbranched alkanes of at least 4 members (excludes halogenated alkanes) is 37. The van der Waals surface area contributed by atoms with Crippen molar-refractivity contribution >= 4 is 17.9 Å². The molecule has 0 radical (unpaired) electrons. The number of ether oxygens (including phenoxy) is 3. The molecule has 0 fully saturated rings. The minimum atomic E-state index is -0.792. The van der Waals surface area contributed by atoms with Crippen LogP contribution in [0.25, 0.3) is 0 Å². The predicted molar refractivity (Wildman–Crippen MR) is 344 cm³/mol. The zero-order valence-electron chi connectivity index (χ0n) is 52.4. The third-order valence-electron chi connectivity index (χ3n) is 14.9. The van der Waals surface area contributed by atoms with E-state index >= 15 is 0 Å². The second-order valence-corrected chi connectivity index (χ2v) is 22.7. The number of carbonyl (C=O) groups is 3. The van der Waals surface area contributed by atoms with Crippen LogP contribution in [0.2, 0.25) is 0 Å². The summed E-state index contributed by atoms with van der Waals surface area (Å²) < 4.78 is 16.9. The summed E-state index contributed by atoms with van der Waals surface area (Å²) in [5.74, 6) is -0.903. The van der Waals surface area contributed by atoms with Gasteiger partial charge >= 0.3 is 17.9 Å². The highest BCUT2D eigenvalue weighted by atomic mass is 16.6. The molecule has 0 aliphatic rings. The van der Waals surface area contributed by atoms with Crippen molar-refractivity contribution in [1.82, 2.24) is 0 Å². The van der Waals surface area contributed by atoms with E-state index in [1.807, 2.05) is 0 Å². The lowest BCUT2D eigenvalue weighted by Crippen LogP contribution is -2.30. The van der Waals surface area contributed by atoms with Gasteiger partial charge in [-0.05, 0) is 116 Å². The van der Waals surface area contributed by atoms with Crippen LogP contribution >= 0.6 is 0 Å². The van der Waals surface area contributed by atoms with Crippen molar-refractivity contribution in [3.05, 3.63) is 85.1 Å². The molecule has 0 saturated carbocycles. The first-order valence-electron chi connectivity index (χ1n) is 34.1. The van der Waals surface area contributed by atoms with Crippen LogP contribution in [0.15, 0.2) is 85.1 Å². The topological polar surface area (TPSA) is 78.9 Å². The third kappa shape index (κ3) is 65.3. The molecule has 0 spiro atoms. The van der Waals surface area contributed by atoms with Crippen LogP contribution in [0.3, 0.4) is 0 Å². The smallest absolute Gasteiger partial charge is 0.306 e.